The molecule has 5 nitrogen and oxygen atoms in total. The smallest absolute Gasteiger partial charge is 0.370 e. The third-order valence-electron chi connectivity index (χ3n) is 4.67. The summed E-state index contributed by atoms with van der Waals surface area (Å²) in [7, 11) is -4.39. The van der Waals surface area contributed by atoms with Crippen molar-refractivity contribution < 1.29 is 31.2 Å². The van der Waals surface area contributed by atoms with Gasteiger partial charge in [0.25, 0.3) is 0 Å². The molecule has 0 radical (unpaired) electrons. The molecule has 2 aromatic rings. The normalized spacial score (nSPS) is 17.4. The summed E-state index contributed by atoms with van der Waals surface area (Å²) in [6.45, 7) is 2.98. The van der Waals surface area contributed by atoms with Crippen LogP contribution in [0.25, 0.3) is 0 Å². The van der Waals surface area contributed by atoms with Gasteiger partial charge in [0.05, 0.1) is 36.3 Å². The monoisotopic (exact) mass is 415 g/mol. The molecule has 9 heteroatoms. The fourth-order valence-electron chi connectivity index (χ4n) is 3.25. The van der Waals surface area contributed by atoms with Crippen LogP contribution >= 0.6 is 0 Å². The number of rotatable bonds is 6. The van der Waals surface area contributed by atoms with Crippen LogP contribution in [0, 0.1) is 0 Å². The van der Waals surface area contributed by atoms with Gasteiger partial charge in [-0.15, -0.1) is 0 Å². The lowest BCUT2D eigenvalue weighted by molar-refractivity contribution is -0.909. The molecule has 1 aliphatic rings. The number of hydrogen-bond acceptors (Lipinski definition) is 3. The molecule has 0 aliphatic carbocycles. The summed E-state index contributed by atoms with van der Waals surface area (Å²) in [6.07, 6.45) is -4.76. The zero-order chi connectivity index (χ0) is 20.2. The first-order chi connectivity index (χ1) is 13.3. The maximum atomic E-state index is 13.3. The van der Waals surface area contributed by atoms with Crippen LogP contribution in [-0.2, 0) is 20.9 Å². The summed E-state index contributed by atoms with van der Waals surface area (Å²) in [6, 6.07) is 12.4. The second-order valence-corrected chi connectivity index (χ2v) is 8.33. The van der Waals surface area contributed by atoms with Gasteiger partial charge in [0.15, 0.2) is 0 Å². The van der Waals surface area contributed by atoms with E-state index in [1.807, 2.05) is 0 Å². The van der Waals surface area contributed by atoms with Gasteiger partial charge in [0.1, 0.15) is 13.1 Å². The number of hydrogen-bond donors (Lipinski definition) is 2. The molecule has 1 atom stereocenters. The first-order valence-corrected chi connectivity index (χ1v) is 10.4. The maximum absolute atomic E-state index is 13.3. The van der Waals surface area contributed by atoms with E-state index in [9.17, 15) is 21.6 Å². The molecule has 1 saturated heterocycles. The lowest BCUT2D eigenvalue weighted by Gasteiger charge is -2.28. The van der Waals surface area contributed by atoms with Crippen molar-refractivity contribution in [3.8, 4) is 0 Å². The molecule has 0 unspecified atom stereocenters. The summed E-state index contributed by atoms with van der Waals surface area (Å²) in [5.41, 5.74) is -0.470. The molecule has 1 heterocycles. The van der Waals surface area contributed by atoms with Crippen LogP contribution in [0.2, 0.25) is 0 Å². The number of halogens is 3. The zero-order valence-electron chi connectivity index (χ0n) is 15.1. The summed E-state index contributed by atoms with van der Waals surface area (Å²) in [5, 5.41) is 0. The number of sulfonamides is 1. The number of morpholine rings is 1. The van der Waals surface area contributed by atoms with Gasteiger partial charge in [0.2, 0.25) is 10.0 Å². The van der Waals surface area contributed by atoms with Crippen LogP contribution in [0.5, 0.6) is 0 Å². The minimum absolute atomic E-state index is 0.417. The van der Waals surface area contributed by atoms with E-state index in [1.54, 1.807) is 30.3 Å². The van der Waals surface area contributed by atoms with E-state index in [4.69, 9.17) is 4.74 Å². The summed E-state index contributed by atoms with van der Waals surface area (Å²) < 4.78 is 73.5. The van der Waals surface area contributed by atoms with Crippen molar-refractivity contribution in [3.63, 3.8) is 0 Å². The topological polar surface area (TPSA) is 59.8 Å². The molecule has 0 saturated carbocycles. The first kappa shape index (κ1) is 20.8. The van der Waals surface area contributed by atoms with Gasteiger partial charge in [-0.2, -0.15) is 17.9 Å². The molecule has 2 aromatic carbocycles. The van der Waals surface area contributed by atoms with Crippen LogP contribution in [0.1, 0.15) is 17.2 Å². The van der Waals surface area contributed by atoms with Crippen molar-refractivity contribution >= 4 is 10.0 Å². The third-order valence-corrected chi connectivity index (χ3v) is 6.20. The van der Waals surface area contributed by atoms with E-state index in [-0.39, 0.29) is 0 Å². The summed E-state index contributed by atoms with van der Waals surface area (Å²) in [4.78, 5) is 0.368. The Kier molecular flexibility index (Phi) is 6.39. The highest BCUT2D eigenvalue weighted by atomic mass is 32.2. The first-order valence-electron chi connectivity index (χ1n) is 8.92. The minimum atomic E-state index is -4.76. The Labute approximate surface area is 162 Å². The van der Waals surface area contributed by atoms with Crippen molar-refractivity contribution in [2.45, 2.75) is 17.1 Å². The Balaban J connectivity index is 1.91. The molecule has 0 bridgehead atoms. The average molecular weight is 415 g/mol. The fraction of sp³-hybridized carbons (Fsp3) is 0.368. The zero-order valence-corrected chi connectivity index (χ0v) is 15.9. The molecule has 1 aliphatic heterocycles. The van der Waals surface area contributed by atoms with Crippen molar-refractivity contribution in [3.05, 3.63) is 65.7 Å². The molecule has 3 rings (SSSR count). The molecule has 2 N–H and O–H groups in total. The quantitative estimate of drug-likeness (QED) is 0.754. The number of alkyl halides is 3. The third kappa shape index (κ3) is 5.11. The van der Waals surface area contributed by atoms with Gasteiger partial charge < -0.3 is 9.64 Å². The molecule has 0 amide bonds. The van der Waals surface area contributed by atoms with Crippen molar-refractivity contribution in [1.29, 1.82) is 0 Å². The molecular weight excluding hydrogens is 393 g/mol. The Morgan fingerprint density at radius 2 is 1.61 bits per heavy atom. The van der Waals surface area contributed by atoms with Crippen molar-refractivity contribution in [2.24, 2.45) is 0 Å². The van der Waals surface area contributed by atoms with Crippen LogP contribution in [0.15, 0.2) is 59.5 Å². The van der Waals surface area contributed by atoms with Crippen LogP contribution in [0.3, 0.4) is 0 Å². The van der Waals surface area contributed by atoms with Gasteiger partial charge in [-0.1, -0.05) is 42.5 Å². The van der Waals surface area contributed by atoms with Crippen LogP contribution in [0.4, 0.5) is 13.2 Å². The second kappa shape index (κ2) is 8.60. The van der Waals surface area contributed by atoms with Crippen LogP contribution < -0.4 is 9.62 Å². The maximum Gasteiger partial charge on any atom is 0.417 e. The molecule has 28 heavy (non-hydrogen) atoms. The average Bonchev–Trinajstić information content (AvgIpc) is 2.68. The second-order valence-electron chi connectivity index (χ2n) is 6.64. The van der Waals surface area contributed by atoms with E-state index in [0.29, 0.717) is 38.4 Å². The van der Waals surface area contributed by atoms with E-state index in [2.05, 4.69) is 4.72 Å². The van der Waals surface area contributed by atoms with E-state index >= 15 is 0 Å². The Bertz CT molecular complexity index is 883. The standard InChI is InChI=1S/C19H21F3N2O3S/c20-19(21,22)16-8-4-5-9-18(16)28(25,26)23-17(15-6-2-1-3-7-15)14-24-10-12-27-13-11-24/h1-9,17,23H,10-14H2/p+1/t17-/m0/s1. The Morgan fingerprint density at radius 1 is 1.00 bits per heavy atom. The van der Waals surface area contributed by atoms with Gasteiger partial charge in [-0.3, -0.25) is 0 Å². The fourth-order valence-corrected chi connectivity index (χ4v) is 4.70. The van der Waals surface area contributed by atoms with Crippen molar-refractivity contribution in [2.75, 3.05) is 32.8 Å². The number of nitrogens with one attached hydrogen (secondary N) is 2. The summed E-state index contributed by atoms with van der Waals surface area (Å²) in [5.74, 6) is 0. The van der Waals surface area contributed by atoms with E-state index in [1.165, 1.54) is 12.1 Å². The highest BCUT2D eigenvalue weighted by Gasteiger charge is 2.38. The molecular formula is C19H22F3N2O3S+. The van der Waals surface area contributed by atoms with E-state index < -0.39 is 32.7 Å². The highest BCUT2D eigenvalue weighted by molar-refractivity contribution is 7.89. The number of benzene rings is 2. The minimum Gasteiger partial charge on any atom is -0.370 e. The van der Waals surface area contributed by atoms with Crippen molar-refractivity contribution in [1.82, 2.24) is 4.72 Å². The van der Waals surface area contributed by atoms with Crippen LogP contribution in [-0.4, -0.2) is 41.3 Å². The number of quaternary nitrogens is 1. The Hall–Kier alpha value is -1.94. The largest absolute Gasteiger partial charge is 0.417 e. The van der Waals surface area contributed by atoms with Gasteiger partial charge >= 0.3 is 6.18 Å². The number of ether oxygens (including phenoxy) is 1. The van der Waals surface area contributed by atoms with Gasteiger partial charge in [-0.25, -0.2) is 8.42 Å². The highest BCUT2D eigenvalue weighted by Crippen LogP contribution is 2.34. The molecule has 1 fully saturated rings. The molecule has 0 aromatic heterocycles. The Morgan fingerprint density at radius 3 is 2.25 bits per heavy atom. The molecule has 152 valence electrons. The lowest BCUT2D eigenvalue weighted by Crippen LogP contribution is -3.14. The summed E-state index contributed by atoms with van der Waals surface area (Å²) >= 11 is 0. The predicted molar refractivity (Wildman–Crippen MR) is 97.3 cm³/mol. The SMILES string of the molecule is O=S(=O)(N[C@@H](C[NH+]1CCOCC1)c1ccccc1)c1ccccc1C(F)(F)F. The van der Waals surface area contributed by atoms with E-state index in [0.717, 1.165) is 17.0 Å². The van der Waals surface area contributed by atoms with Gasteiger partial charge in [0, 0.05) is 0 Å². The molecule has 0 spiro atoms. The predicted octanol–water partition coefficient (Wildman–Crippen LogP) is 1.64. The lowest BCUT2D eigenvalue weighted by atomic mass is 10.1. The van der Waals surface area contributed by atoms with Gasteiger partial charge in [-0.05, 0) is 17.7 Å².